The number of carbonyl (C=O) groups excluding carboxylic acids is 1. The lowest BCUT2D eigenvalue weighted by atomic mass is 9.86. The average molecular weight is 331 g/mol. The van der Waals surface area contributed by atoms with Gasteiger partial charge in [0.25, 0.3) is 0 Å². The van der Waals surface area contributed by atoms with Gasteiger partial charge in [-0.2, -0.15) is 0 Å². The smallest absolute Gasteiger partial charge is 0.319 e. The zero-order chi connectivity index (χ0) is 16.9. The minimum absolute atomic E-state index is 0.0232. The Balaban J connectivity index is 1.91. The summed E-state index contributed by atoms with van der Waals surface area (Å²) in [6.07, 6.45) is 0.745. The van der Waals surface area contributed by atoms with Crippen LogP contribution in [-0.2, 0) is 11.8 Å². The number of rotatable bonds is 4. The lowest BCUT2D eigenvalue weighted by Crippen LogP contribution is -2.31. The fraction of sp³-hybridized carbons (Fsp3) is 0.316. The molecule has 2 amide bonds. The number of carbonyl (C=O) groups is 1. The Kier molecular flexibility index (Phi) is 5.67. The minimum Gasteiger partial charge on any atom is -0.338 e. The van der Waals surface area contributed by atoms with Crippen molar-refractivity contribution in [1.82, 2.24) is 5.32 Å². The second kappa shape index (κ2) is 7.51. The third-order valence-corrected chi connectivity index (χ3v) is 3.81. The number of anilines is 1. The molecule has 0 radical (unpaired) electrons. The Morgan fingerprint density at radius 1 is 1.09 bits per heavy atom. The van der Waals surface area contributed by atoms with Crippen molar-refractivity contribution in [2.45, 2.75) is 32.6 Å². The number of urea groups is 1. The van der Waals surface area contributed by atoms with Gasteiger partial charge in [-0.15, -0.1) is 0 Å². The van der Waals surface area contributed by atoms with Crippen molar-refractivity contribution in [2.24, 2.45) is 0 Å². The van der Waals surface area contributed by atoms with Gasteiger partial charge in [0.2, 0.25) is 0 Å². The van der Waals surface area contributed by atoms with Gasteiger partial charge < -0.3 is 10.6 Å². The standard InChI is InChI=1S/C19H23ClN2O/c1-19(2,3)16-9-4-5-10-17(16)22-18(23)21-12-11-14-7-6-8-15(20)13-14/h4-10,13H,11-12H2,1-3H3,(H2,21,22,23). The molecule has 0 heterocycles. The van der Waals surface area contributed by atoms with E-state index in [2.05, 4.69) is 31.4 Å². The van der Waals surface area contributed by atoms with Gasteiger partial charge in [-0.1, -0.05) is 62.7 Å². The van der Waals surface area contributed by atoms with E-state index < -0.39 is 0 Å². The molecule has 2 aromatic rings. The van der Waals surface area contributed by atoms with Crippen molar-refractivity contribution in [3.63, 3.8) is 0 Å². The molecule has 0 aliphatic heterocycles. The Morgan fingerprint density at radius 2 is 1.83 bits per heavy atom. The zero-order valence-electron chi connectivity index (χ0n) is 13.8. The Morgan fingerprint density at radius 3 is 2.52 bits per heavy atom. The van der Waals surface area contributed by atoms with Gasteiger partial charge in [-0.3, -0.25) is 0 Å². The van der Waals surface area contributed by atoms with E-state index in [9.17, 15) is 4.79 Å². The van der Waals surface area contributed by atoms with Crippen LogP contribution in [0.5, 0.6) is 0 Å². The number of para-hydroxylation sites is 1. The maximum Gasteiger partial charge on any atom is 0.319 e. The maximum atomic E-state index is 12.1. The molecule has 0 spiro atoms. The molecule has 23 heavy (non-hydrogen) atoms. The molecule has 0 aliphatic rings. The van der Waals surface area contributed by atoms with Crippen LogP contribution in [-0.4, -0.2) is 12.6 Å². The van der Waals surface area contributed by atoms with Crippen LogP contribution in [0.1, 0.15) is 31.9 Å². The van der Waals surface area contributed by atoms with E-state index in [1.165, 1.54) is 0 Å². The monoisotopic (exact) mass is 330 g/mol. The predicted octanol–water partition coefficient (Wildman–Crippen LogP) is 5.00. The van der Waals surface area contributed by atoms with Gasteiger partial charge in [-0.05, 0) is 41.2 Å². The Labute approximate surface area is 143 Å². The van der Waals surface area contributed by atoms with Crippen LogP contribution >= 0.6 is 11.6 Å². The summed E-state index contributed by atoms with van der Waals surface area (Å²) in [5, 5.41) is 6.54. The highest BCUT2D eigenvalue weighted by molar-refractivity contribution is 6.30. The fourth-order valence-corrected chi connectivity index (χ4v) is 2.64. The van der Waals surface area contributed by atoms with Crippen LogP contribution in [0.3, 0.4) is 0 Å². The topological polar surface area (TPSA) is 41.1 Å². The summed E-state index contributed by atoms with van der Waals surface area (Å²) >= 11 is 5.95. The number of hydrogen-bond acceptors (Lipinski definition) is 1. The molecule has 0 bridgehead atoms. The second-order valence-corrected chi connectivity index (χ2v) is 6.99. The summed E-state index contributed by atoms with van der Waals surface area (Å²) in [6, 6.07) is 15.4. The van der Waals surface area contributed by atoms with Gasteiger partial charge in [0.05, 0.1) is 0 Å². The van der Waals surface area contributed by atoms with E-state index in [0.717, 1.165) is 23.2 Å². The van der Waals surface area contributed by atoms with Crippen LogP contribution < -0.4 is 10.6 Å². The van der Waals surface area contributed by atoms with Gasteiger partial charge >= 0.3 is 6.03 Å². The van der Waals surface area contributed by atoms with Crippen molar-refractivity contribution in [2.75, 3.05) is 11.9 Å². The van der Waals surface area contributed by atoms with E-state index in [1.54, 1.807) is 0 Å². The van der Waals surface area contributed by atoms with Gasteiger partial charge in [0.15, 0.2) is 0 Å². The van der Waals surface area contributed by atoms with Crippen LogP contribution in [0.25, 0.3) is 0 Å². The van der Waals surface area contributed by atoms with Crippen molar-refractivity contribution >= 4 is 23.3 Å². The molecule has 0 aliphatic carbocycles. The first-order valence-electron chi connectivity index (χ1n) is 7.75. The highest BCUT2D eigenvalue weighted by atomic mass is 35.5. The minimum atomic E-state index is -0.191. The van der Waals surface area contributed by atoms with Gasteiger partial charge in [-0.25, -0.2) is 4.79 Å². The lowest BCUT2D eigenvalue weighted by Gasteiger charge is -2.23. The number of benzene rings is 2. The lowest BCUT2D eigenvalue weighted by molar-refractivity contribution is 0.252. The van der Waals surface area contributed by atoms with E-state index in [0.29, 0.717) is 11.6 Å². The molecule has 3 nitrogen and oxygen atoms in total. The molecule has 2 N–H and O–H groups in total. The summed E-state index contributed by atoms with van der Waals surface area (Å²) in [5.41, 5.74) is 3.04. The summed E-state index contributed by atoms with van der Waals surface area (Å²) < 4.78 is 0. The highest BCUT2D eigenvalue weighted by Crippen LogP contribution is 2.29. The van der Waals surface area contributed by atoms with E-state index >= 15 is 0 Å². The molecule has 122 valence electrons. The maximum absolute atomic E-state index is 12.1. The third kappa shape index (κ3) is 5.29. The molecule has 0 saturated carbocycles. The SMILES string of the molecule is CC(C)(C)c1ccccc1NC(=O)NCCc1cccc(Cl)c1. The van der Waals surface area contributed by atoms with Crippen molar-refractivity contribution in [1.29, 1.82) is 0 Å². The van der Waals surface area contributed by atoms with E-state index in [1.807, 2.05) is 48.5 Å². The number of nitrogens with one attached hydrogen (secondary N) is 2. The van der Waals surface area contributed by atoms with E-state index in [4.69, 9.17) is 11.6 Å². The first kappa shape index (κ1) is 17.4. The Bertz CT molecular complexity index is 677. The molecular weight excluding hydrogens is 308 g/mol. The van der Waals surface area contributed by atoms with Crippen molar-refractivity contribution in [3.05, 3.63) is 64.7 Å². The number of halogens is 1. The molecule has 0 unspecified atom stereocenters. The van der Waals surface area contributed by atoms with Crippen LogP contribution in [0.4, 0.5) is 10.5 Å². The summed E-state index contributed by atoms with van der Waals surface area (Å²) in [7, 11) is 0. The van der Waals surface area contributed by atoms with Crippen LogP contribution in [0.15, 0.2) is 48.5 Å². The molecular formula is C19H23ClN2O. The average Bonchev–Trinajstić information content (AvgIpc) is 2.47. The highest BCUT2D eigenvalue weighted by Gasteiger charge is 2.18. The van der Waals surface area contributed by atoms with E-state index in [-0.39, 0.29) is 11.4 Å². The molecule has 2 rings (SSSR count). The molecule has 0 aromatic heterocycles. The molecule has 0 atom stereocenters. The summed E-state index contributed by atoms with van der Waals surface area (Å²) in [5.74, 6) is 0. The predicted molar refractivity (Wildman–Crippen MR) is 97.3 cm³/mol. The fourth-order valence-electron chi connectivity index (χ4n) is 2.43. The summed E-state index contributed by atoms with van der Waals surface area (Å²) in [4.78, 5) is 12.1. The zero-order valence-corrected chi connectivity index (χ0v) is 14.6. The van der Waals surface area contributed by atoms with Crippen molar-refractivity contribution < 1.29 is 4.79 Å². The number of hydrogen-bond donors (Lipinski definition) is 2. The van der Waals surface area contributed by atoms with Crippen LogP contribution in [0.2, 0.25) is 5.02 Å². The largest absolute Gasteiger partial charge is 0.338 e. The quantitative estimate of drug-likeness (QED) is 0.813. The first-order chi connectivity index (χ1) is 10.9. The third-order valence-electron chi connectivity index (χ3n) is 3.57. The summed E-state index contributed by atoms with van der Waals surface area (Å²) in [6.45, 7) is 6.95. The molecule has 0 saturated heterocycles. The first-order valence-corrected chi connectivity index (χ1v) is 8.13. The Hall–Kier alpha value is -2.00. The van der Waals surface area contributed by atoms with Crippen molar-refractivity contribution in [3.8, 4) is 0 Å². The molecule has 4 heteroatoms. The van der Waals surface area contributed by atoms with Gasteiger partial charge in [0.1, 0.15) is 0 Å². The van der Waals surface area contributed by atoms with Gasteiger partial charge in [0, 0.05) is 17.3 Å². The normalized spacial score (nSPS) is 11.1. The molecule has 0 fully saturated rings. The number of amides is 2. The molecule has 2 aromatic carbocycles. The second-order valence-electron chi connectivity index (χ2n) is 6.56. The van der Waals surface area contributed by atoms with Crippen LogP contribution in [0, 0.1) is 0 Å².